The highest BCUT2D eigenvalue weighted by Crippen LogP contribution is 2.41. The summed E-state index contributed by atoms with van der Waals surface area (Å²) in [5, 5.41) is 9.15. The summed E-state index contributed by atoms with van der Waals surface area (Å²) >= 11 is 0. The largest absolute Gasteiger partial charge is 0.461 e. The highest BCUT2D eigenvalue weighted by molar-refractivity contribution is 6.35. The van der Waals surface area contributed by atoms with E-state index in [0.717, 1.165) is 16.2 Å². The number of hydrogen-bond acceptors (Lipinski definition) is 2. The zero-order valence-corrected chi connectivity index (χ0v) is 13.2. The number of aromatic nitrogens is 1. The fourth-order valence-electron chi connectivity index (χ4n) is 3.87. The van der Waals surface area contributed by atoms with Crippen LogP contribution in [0.25, 0.3) is 43.1 Å². The topological polar surface area (TPSA) is 42.1 Å². The lowest BCUT2D eigenvalue weighted by Gasteiger charge is -2.13. The fraction of sp³-hybridized carbons (Fsp3) is 0.0952. The van der Waals surface area contributed by atoms with Gasteiger partial charge in [0, 0.05) is 17.0 Å². The molecule has 24 heavy (non-hydrogen) atoms. The summed E-state index contributed by atoms with van der Waals surface area (Å²) in [6.07, 6.45) is 1.92. The van der Waals surface area contributed by atoms with Gasteiger partial charge >= 0.3 is 5.97 Å². The molecule has 1 N–H and O–H groups in total. The van der Waals surface area contributed by atoms with E-state index in [1.54, 1.807) is 0 Å². The van der Waals surface area contributed by atoms with Crippen LogP contribution < -0.4 is 0 Å². The zero-order valence-electron chi connectivity index (χ0n) is 13.2. The average Bonchev–Trinajstić information content (AvgIpc) is 3.06. The van der Waals surface area contributed by atoms with Crippen molar-refractivity contribution in [2.75, 3.05) is 6.61 Å². The highest BCUT2D eigenvalue weighted by atomic mass is 16.5. The number of hydrogen-bond donors (Lipinski definition) is 1. The molecular formula is C21H15NO2. The molecule has 0 bridgehead atoms. The maximum atomic E-state index is 12.4. The van der Waals surface area contributed by atoms with E-state index in [1.165, 1.54) is 26.9 Å². The van der Waals surface area contributed by atoms with Crippen molar-refractivity contribution in [3.63, 3.8) is 0 Å². The van der Waals surface area contributed by atoms with E-state index in [1.807, 2.05) is 19.2 Å². The van der Waals surface area contributed by atoms with Gasteiger partial charge in [0.15, 0.2) is 0 Å². The Hall–Kier alpha value is -3.07. The number of nitrogens with one attached hydrogen (secondary N) is 1. The second kappa shape index (κ2) is 4.71. The number of ether oxygens (including phenoxy) is 1. The van der Waals surface area contributed by atoms with Crippen molar-refractivity contribution in [3.05, 3.63) is 60.4 Å². The van der Waals surface area contributed by atoms with Crippen molar-refractivity contribution < 1.29 is 9.53 Å². The van der Waals surface area contributed by atoms with Crippen LogP contribution in [0.4, 0.5) is 0 Å². The molecule has 5 aromatic rings. The molecule has 5 rings (SSSR count). The van der Waals surface area contributed by atoms with Crippen molar-refractivity contribution in [1.82, 2.24) is 4.98 Å². The number of carbonyl (C=O) groups is 1. The van der Waals surface area contributed by atoms with Crippen molar-refractivity contribution >= 4 is 49.1 Å². The van der Waals surface area contributed by atoms with Crippen LogP contribution in [0.3, 0.4) is 0 Å². The van der Waals surface area contributed by atoms with Crippen LogP contribution in [-0.2, 0) is 4.74 Å². The average molecular weight is 313 g/mol. The zero-order chi connectivity index (χ0) is 16.3. The summed E-state index contributed by atoms with van der Waals surface area (Å²) in [6.45, 7) is 2.19. The Labute approximate surface area is 138 Å². The predicted octanol–water partition coefficient (Wildman–Crippen LogP) is 5.24. The van der Waals surface area contributed by atoms with E-state index in [9.17, 15) is 4.79 Å². The third-order valence-corrected chi connectivity index (χ3v) is 4.81. The monoisotopic (exact) mass is 313 g/mol. The maximum absolute atomic E-state index is 12.4. The minimum absolute atomic E-state index is 0.303. The molecule has 4 aromatic carbocycles. The van der Waals surface area contributed by atoms with Gasteiger partial charge in [-0.2, -0.15) is 0 Å². The first-order chi connectivity index (χ1) is 11.8. The number of H-pyrrole nitrogens is 1. The van der Waals surface area contributed by atoms with Gasteiger partial charge < -0.3 is 9.72 Å². The van der Waals surface area contributed by atoms with Gasteiger partial charge in [0.25, 0.3) is 0 Å². The lowest BCUT2D eigenvalue weighted by Crippen LogP contribution is -2.05. The molecule has 0 unspecified atom stereocenters. The summed E-state index contributed by atoms with van der Waals surface area (Å²) in [6, 6.07) is 16.9. The SMILES string of the molecule is CCOC(=O)c1[nH]cc2c3cccc4ccc5cccc(c12)c5c43. The van der Waals surface area contributed by atoms with Gasteiger partial charge in [0.05, 0.1) is 6.61 Å². The molecule has 0 fully saturated rings. The lowest BCUT2D eigenvalue weighted by atomic mass is 9.90. The first-order valence-electron chi connectivity index (χ1n) is 8.13. The van der Waals surface area contributed by atoms with Crippen LogP contribution in [0.15, 0.2) is 54.7 Å². The molecule has 3 heteroatoms. The molecule has 3 nitrogen and oxygen atoms in total. The van der Waals surface area contributed by atoms with Crippen LogP contribution >= 0.6 is 0 Å². The minimum atomic E-state index is -0.303. The smallest absolute Gasteiger partial charge is 0.355 e. The van der Waals surface area contributed by atoms with Crippen molar-refractivity contribution in [1.29, 1.82) is 0 Å². The first-order valence-corrected chi connectivity index (χ1v) is 8.13. The van der Waals surface area contributed by atoms with Gasteiger partial charge in [-0.3, -0.25) is 0 Å². The standard InChI is InChI=1S/C21H15NO2/c1-2-24-21(23)20-19-15-8-4-6-13-10-9-12-5-3-7-14(16(19)11-22-20)17(12)18(13)15/h3-11,22H,2H2,1H3. The molecule has 0 atom stereocenters. The molecule has 0 spiro atoms. The molecule has 0 aliphatic rings. The number of fused-ring (bicyclic) bond motifs is 3. The Bertz CT molecular complexity index is 1230. The summed E-state index contributed by atoms with van der Waals surface area (Å²) < 4.78 is 5.24. The molecule has 1 aromatic heterocycles. The Kier molecular flexibility index (Phi) is 2.63. The minimum Gasteiger partial charge on any atom is -0.461 e. The van der Waals surface area contributed by atoms with E-state index < -0.39 is 0 Å². The van der Waals surface area contributed by atoms with Gasteiger partial charge in [-0.1, -0.05) is 48.5 Å². The summed E-state index contributed by atoms with van der Waals surface area (Å²) in [7, 11) is 0. The molecule has 116 valence electrons. The van der Waals surface area contributed by atoms with E-state index in [4.69, 9.17) is 4.74 Å². The summed E-state index contributed by atoms with van der Waals surface area (Å²) in [4.78, 5) is 15.5. The van der Waals surface area contributed by atoms with Gasteiger partial charge in [0.2, 0.25) is 0 Å². The van der Waals surface area contributed by atoms with E-state index in [-0.39, 0.29) is 5.97 Å². The lowest BCUT2D eigenvalue weighted by molar-refractivity contribution is 0.0522. The fourth-order valence-corrected chi connectivity index (χ4v) is 3.87. The Morgan fingerprint density at radius 2 is 1.54 bits per heavy atom. The normalized spacial score (nSPS) is 11.9. The van der Waals surface area contributed by atoms with Crippen LogP contribution in [0.5, 0.6) is 0 Å². The molecule has 0 aliphatic carbocycles. The quantitative estimate of drug-likeness (QED) is 0.357. The third-order valence-electron chi connectivity index (χ3n) is 4.81. The Morgan fingerprint density at radius 3 is 2.25 bits per heavy atom. The van der Waals surface area contributed by atoms with E-state index in [0.29, 0.717) is 12.3 Å². The van der Waals surface area contributed by atoms with Gasteiger partial charge in [0.1, 0.15) is 5.69 Å². The van der Waals surface area contributed by atoms with E-state index in [2.05, 4.69) is 47.4 Å². The Morgan fingerprint density at radius 1 is 0.875 bits per heavy atom. The van der Waals surface area contributed by atoms with Crippen molar-refractivity contribution in [3.8, 4) is 0 Å². The van der Waals surface area contributed by atoms with Crippen LogP contribution in [0.1, 0.15) is 17.4 Å². The van der Waals surface area contributed by atoms with Crippen molar-refractivity contribution in [2.45, 2.75) is 6.92 Å². The third kappa shape index (κ3) is 1.59. The van der Waals surface area contributed by atoms with E-state index >= 15 is 0 Å². The molecule has 1 heterocycles. The number of benzene rings is 4. The van der Waals surface area contributed by atoms with Crippen LogP contribution in [0, 0.1) is 0 Å². The number of carbonyl (C=O) groups excluding carboxylic acids is 1. The molecular weight excluding hydrogens is 298 g/mol. The Balaban J connectivity index is 2.08. The van der Waals surface area contributed by atoms with Gasteiger partial charge in [-0.05, 0) is 39.2 Å². The maximum Gasteiger partial charge on any atom is 0.355 e. The van der Waals surface area contributed by atoms with Crippen LogP contribution in [-0.4, -0.2) is 17.6 Å². The molecule has 0 saturated heterocycles. The highest BCUT2D eigenvalue weighted by Gasteiger charge is 2.20. The second-order valence-corrected chi connectivity index (χ2v) is 6.05. The van der Waals surface area contributed by atoms with Gasteiger partial charge in [-0.15, -0.1) is 0 Å². The summed E-state index contributed by atoms with van der Waals surface area (Å²) in [5.41, 5.74) is 0.533. The molecule has 0 amide bonds. The molecule has 0 radical (unpaired) electrons. The second-order valence-electron chi connectivity index (χ2n) is 6.05. The number of esters is 1. The number of rotatable bonds is 2. The van der Waals surface area contributed by atoms with Crippen molar-refractivity contribution in [2.24, 2.45) is 0 Å². The first kappa shape index (κ1) is 13.4. The predicted molar refractivity (Wildman–Crippen MR) is 98.0 cm³/mol. The number of aromatic amines is 1. The molecule has 0 saturated carbocycles. The molecule has 0 aliphatic heterocycles. The van der Waals surface area contributed by atoms with Gasteiger partial charge in [-0.25, -0.2) is 4.79 Å². The van der Waals surface area contributed by atoms with Crippen LogP contribution in [0.2, 0.25) is 0 Å². The summed E-state index contributed by atoms with van der Waals surface area (Å²) in [5.74, 6) is -0.303.